The van der Waals surface area contributed by atoms with Crippen molar-refractivity contribution in [1.82, 2.24) is 14.3 Å². The number of aryl methyl sites for hydroxylation is 1. The lowest BCUT2D eigenvalue weighted by Crippen LogP contribution is -2.49. The van der Waals surface area contributed by atoms with Crippen molar-refractivity contribution in [3.63, 3.8) is 0 Å². The van der Waals surface area contributed by atoms with Gasteiger partial charge in [-0.2, -0.15) is 4.31 Å². The standard InChI is InChI=1S/C16H19ClN4O3S/c1-12-10-18-16(19-11-12)20-5-7-21(8-6-20)25(22,23)15-9-13(17)3-4-14(15)24-2/h3-4,9-11H,5-8H2,1-2H3. The lowest BCUT2D eigenvalue weighted by atomic mass is 10.3. The Bertz CT molecular complexity index is 850. The molecule has 3 rings (SSSR count). The van der Waals surface area contributed by atoms with E-state index < -0.39 is 10.0 Å². The average molecular weight is 383 g/mol. The van der Waals surface area contributed by atoms with Crippen LogP contribution in [0.25, 0.3) is 0 Å². The molecule has 0 unspecified atom stereocenters. The fourth-order valence-corrected chi connectivity index (χ4v) is 4.51. The number of nitrogens with zero attached hydrogens (tertiary/aromatic N) is 4. The zero-order valence-corrected chi connectivity index (χ0v) is 15.6. The molecule has 2 aromatic rings. The van der Waals surface area contributed by atoms with E-state index in [1.807, 2.05) is 11.8 Å². The third-order valence-electron chi connectivity index (χ3n) is 4.03. The lowest BCUT2D eigenvalue weighted by Gasteiger charge is -2.34. The summed E-state index contributed by atoms with van der Waals surface area (Å²) >= 11 is 5.97. The predicted molar refractivity (Wildman–Crippen MR) is 95.7 cm³/mol. The topological polar surface area (TPSA) is 75.6 Å². The maximum absolute atomic E-state index is 12.9. The van der Waals surface area contributed by atoms with E-state index in [1.165, 1.54) is 17.5 Å². The van der Waals surface area contributed by atoms with Gasteiger partial charge in [-0.3, -0.25) is 0 Å². The number of rotatable bonds is 4. The molecule has 0 N–H and O–H groups in total. The molecule has 0 aliphatic carbocycles. The van der Waals surface area contributed by atoms with E-state index >= 15 is 0 Å². The summed E-state index contributed by atoms with van der Waals surface area (Å²) in [5.74, 6) is 0.900. The largest absolute Gasteiger partial charge is 0.495 e. The molecule has 0 radical (unpaired) electrons. The molecule has 7 nitrogen and oxygen atoms in total. The van der Waals surface area contributed by atoms with Crippen molar-refractivity contribution < 1.29 is 13.2 Å². The van der Waals surface area contributed by atoms with Gasteiger partial charge in [0.15, 0.2) is 0 Å². The average Bonchev–Trinajstić information content (AvgIpc) is 2.62. The first kappa shape index (κ1) is 17.9. The molecule has 134 valence electrons. The lowest BCUT2D eigenvalue weighted by molar-refractivity contribution is 0.372. The fourth-order valence-electron chi connectivity index (χ4n) is 2.67. The molecule has 25 heavy (non-hydrogen) atoms. The van der Waals surface area contributed by atoms with Crippen LogP contribution < -0.4 is 9.64 Å². The molecule has 1 fully saturated rings. The second-order valence-corrected chi connectivity index (χ2v) is 8.09. The highest BCUT2D eigenvalue weighted by atomic mass is 35.5. The number of ether oxygens (including phenoxy) is 1. The Morgan fingerprint density at radius 2 is 1.76 bits per heavy atom. The number of anilines is 1. The van der Waals surface area contributed by atoms with Crippen LogP contribution in [-0.4, -0.2) is 56.0 Å². The maximum atomic E-state index is 12.9. The van der Waals surface area contributed by atoms with Gasteiger partial charge in [-0.05, 0) is 30.7 Å². The molecule has 9 heteroatoms. The van der Waals surface area contributed by atoms with Gasteiger partial charge >= 0.3 is 0 Å². The Hall–Kier alpha value is -1.90. The van der Waals surface area contributed by atoms with Crippen LogP contribution in [0.2, 0.25) is 5.02 Å². The Balaban J connectivity index is 1.78. The van der Waals surface area contributed by atoms with Gasteiger partial charge in [0.1, 0.15) is 10.6 Å². The van der Waals surface area contributed by atoms with Crippen molar-refractivity contribution in [2.45, 2.75) is 11.8 Å². The third kappa shape index (κ3) is 3.70. The number of halogens is 1. The molecule has 1 saturated heterocycles. The third-order valence-corrected chi connectivity index (χ3v) is 6.19. The first-order valence-electron chi connectivity index (χ1n) is 7.79. The molecule has 1 aliphatic heterocycles. The Morgan fingerprint density at radius 3 is 2.36 bits per heavy atom. The minimum Gasteiger partial charge on any atom is -0.495 e. The summed E-state index contributed by atoms with van der Waals surface area (Å²) in [5, 5.41) is 0.353. The number of benzene rings is 1. The highest BCUT2D eigenvalue weighted by molar-refractivity contribution is 7.89. The second-order valence-electron chi connectivity index (χ2n) is 5.75. The zero-order valence-electron chi connectivity index (χ0n) is 14.0. The van der Waals surface area contributed by atoms with E-state index in [-0.39, 0.29) is 10.6 Å². The summed E-state index contributed by atoms with van der Waals surface area (Å²) in [5.41, 5.74) is 0.984. The van der Waals surface area contributed by atoms with Crippen molar-refractivity contribution in [2.24, 2.45) is 0 Å². The zero-order chi connectivity index (χ0) is 18.0. The van der Waals surface area contributed by atoms with Gasteiger partial charge in [-0.1, -0.05) is 11.6 Å². The summed E-state index contributed by atoms with van der Waals surface area (Å²) in [6.07, 6.45) is 3.50. The smallest absolute Gasteiger partial charge is 0.246 e. The Morgan fingerprint density at radius 1 is 1.12 bits per heavy atom. The molecule has 0 atom stereocenters. The molecule has 0 bridgehead atoms. The quantitative estimate of drug-likeness (QED) is 0.804. The van der Waals surface area contributed by atoms with Crippen molar-refractivity contribution in [2.75, 3.05) is 38.2 Å². The minimum absolute atomic E-state index is 0.0857. The molecular formula is C16H19ClN4O3S. The summed E-state index contributed by atoms with van der Waals surface area (Å²) in [4.78, 5) is 10.6. The summed E-state index contributed by atoms with van der Waals surface area (Å²) in [6, 6.07) is 4.59. The summed E-state index contributed by atoms with van der Waals surface area (Å²) in [7, 11) is -2.24. The second kappa shape index (κ2) is 7.15. The van der Waals surface area contributed by atoms with Gasteiger partial charge < -0.3 is 9.64 Å². The number of hydrogen-bond acceptors (Lipinski definition) is 6. The SMILES string of the molecule is COc1ccc(Cl)cc1S(=O)(=O)N1CCN(c2ncc(C)cn2)CC1. The number of hydrogen-bond donors (Lipinski definition) is 0. The molecule has 0 spiro atoms. The number of methoxy groups -OCH3 is 1. The van der Waals surface area contributed by atoms with Crippen LogP contribution in [-0.2, 0) is 10.0 Å². The fraction of sp³-hybridized carbons (Fsp3) is 0.375. The van der Waals surface area contributed by atoms with Crippen LogP contribution in [0.1, 0.15) is 5.56 Å². The van der Waals surface area contributed by atoms with Crippen molar-refractivity contribution in [3.05, 3.63) is 41.2 Å². The van der Waals surface area contributed by atoms with E-state index in [9.17, 15) is 8.42 Å². The molecule has 0 amide bonds. The molecule has 0 saturated carbocycles. The van der Waals surface area contributed by atoms with Crippen LogP contribution >= 0.6 is 11.6 Å². The molecule has 1 aromatic heterocycles. The van der Waals surface area contributed by atoms with Gasteiger partial charge in [-0.15, -0.1) is 0 Å². The molecular weight excluding hydrogens is 364 g/mol. The molecule has 1 aliphatic rings. The van der Waals surface area contributed by atoms with E-state index in [0.717, 1.165) is 5.56 Å². The van der Waals surface area contributed by atoms with Crippen LogP contribution in [0, 0.1) is 6.92 Å². The molecule has 2 heterocycles. The number of sulfonamides is 1. The minimum atomic E-state index is -3.68. The first-order valence-corrected chi connectivity index (χ1v) is 9.61. The van der Waals surface area contributed by atoms with Crippen molar-refractivity contribution >= 4 is 27.6 Å². The van der Waals surface area contributed by atoms with Crippen LogP contribution in [0.4, 0.5) is 5.95 Å². The first-order chi connectivity index (χ1) is 11.9. The highest BCUT2D eigenvalue weighted by Crippen LogP contribution is 2.30. The Kier molecular flexibility index (Phi) is 5.12. The summed E-state index contributed by atoms with van der Waals surface area (Å²) in [6.45, 7) is 3.65. The van der Waals surface area contributed by atoms with Gasteiger partial charge in [0.25, 0.3) is 0 Å². The highest BCUT2D eigenvalue weighted by Gasteiger charge is 2.31. The number of aromatic nitrogens is 2. The monoisotopic (exact) mass is 382 g/mol. The Labute approximate surface area is 152 Å². The normalized spacial score (nSPS) is 16.0. The van der Waals surface area contributed by atoms with Gasteiger partial charge in [0.2, 0.25) is 16.0 Å². The van der Waals surface area contributed by atoms with E-state index in [2.05, 4.69) is 9.97 Å². The molecule has 1 aromatic carbocycles. The van der Waals surface area contributed by atoms with Gasteiger partial charge in [-0.25, -0.2) is 18.4 Å². The van der Waals surface area contributed by atoms with Crippen LogP contribution in [0.5, 0.6) is 5.75 Å². The van der Waals surface area contributed by atoms with E-state index in [0.29, 0.717) is 37.1 Å². The maximum Gasteiger partial charge on any atom is 0.246 e. The van der Waals surface area contributed by atoms with Crippen LogP contribution in [0.3, 0.4) is 0 Å². The van der Waals surface area contributed by atoms with Crippen LogP contribution in [0.15, 0.2) is 35.5 Å². The summed E-state index contributed by atoms with van der Waals surface area (Å²) < 4.78 is 32.5. The van der Waals surface area contributed by atoms with Crippen molar-refractivity contribution in [1.29, 1.82) is 0 Å². The number of piperazine rings is 1. The van der Waals surface area contributed by atoms with Crippen molar-refractivity contribution in [3.8, 4) is 5.75 Å². The van der Waals surface area contributed by atoms with E-state index in [4.69, 9.17) is 16.3 Å². The van der Waals surface area contributed by atoms with Gasteiger partial charge in [0, 0.05) is 43.6 Å². The predicted octanol–water partition coefficient (Wildman–Crippen LogP) is 1.96. The van der Waals surface area contributed by atoms with E-state index in [1.54, 1.807) is 24.5 Å². The van der Waals surface area contributed by atoms with Gasteiger partial charge in [0.05, 0.1) is 7.11 Å².